The normalized spacial score (nSPS) is 15.7. The Hall–Kier alpha value is 0. The van der Waals surface area contributed by atoms with Crippen LogP contribution in [-0.2, 0) is 0 Å². The van der Waals surface area contributed by atoms with Crippen molar-refractivity contribution in [2.75, 3.05) is 0 Å². The van der Waals surface area contributed by atoms with Crippen molar-refractivity contribution in [3.05, 3.63) is 0 Å². The van der Waals surface area contributed by atoms with E-state index < -0.39 is 0 Å². The highest BCUT2D eigenvalue weighted by Gasteiger charge is 2.28. The van der Waals surface area contributed by atoms with Gasteiger partial charge in [0.1, 0.15) is 0 Å². The zero-order chi connectivity index (χ0) is 42.1. The van der Waals surface area contributed by atoms with Crippen LogP contribution in [0.25, 0.3) is 0 Å². The molecule has 2 saturated carbocycles. The van der Waals surface area contributed by atoms with Crippen molar-refractivity contribution in [3.63, 3.8) is 0 Å². The lowest BCUT2D eigenvalue weighted by atomic mass is 9.71. The van der Waals surface area contributed by atoms with E-state index in [0.29, 0.717) is 43.3 Å². The monoisotopic (exact) mass is 819 g/mol. The summed E-state index contributed by atoms with van der Waals surface area (Å²) in [6, 6.07) is 0. The molecule has 2 aliphatic rings. The van der Waals surface area contributed by atoms with Crippen molar-refractivity contribution in [1.29, 1.82) is 0 Å². The minimum absolute atomic E-state index is 0. The van der Waals surface area contributed by atoms with E-state index in [1.54, 1.807) is 0 Å². The Labute approximate surface area is 374 Å². The van der Waals surface area contributed by atoms with Crippen LogP contribution in [0.3, 0.4) is 0 Å². The molecule has 0 heteroatoms. The van der Waals surface area contributed by atoms with Crippen LogP contribution >= 0.6 is 0 Å². The molecule has 2 rings (SSSR count). The molecule has 0 heterocycles. The summed E-state index contributed by atoms with van der Waals surface area (Å²) in [5.74, 6) is 3.66. The third-order valence-corrected chi connectivity index (χ3v) is 12.5. The van der Waals surface area contributed by atoms with Gasteiger partial charge in [0.2, 0.25) is 0 Å². The first-order valence-electron chi connectivity index (χ1n) is 22.1. The summed E-state index contributed by atoms with van der Waals surface area (Å²) in [5.41, 5.74) is 4.00. The summed E-state index contributed by atoms with van der Waals surface area (Å²) < 4.78 is 0. The largest absolute Gasteiger partial charge is 0.0776 e. The van der Waals surface area contributed by atoms with Gasteiger partial charge in [-0.05, 0) is 99.1 Å². The van der Waals surface area contributed by atoms with Crippen molar-refractivity contribution in [1.82, 2.24) is 0 Å². The smallest absolute Gasteiger partial charge is 0.0334 e. The van der Waals surface area contributed by atoms with Gasteiger partial charge >= 0.3 is 0 Å². The average Bonchev–Trinajstić information content (AvgIpc) is 3.42. The molecule has 2 fully saturated rings. The van der Waals surface area contributed by atoms with Crippen molar-refractivity contribution in [2.45, 2.75) is 309 Å². The van der Waals surface area contributed by atoms with Crippen LogP contribution in [0.2, 0.25) is 0 Å². The van der Waals surface area contributed by atoms with Crippen LogP contribution < -0.4 is 0 Å². The Morgan fingerprint density at radius 3 is 0.649 bits per heavy atom. The van der Waals surface area contributed by atoms with Crippen molar-refractivity contribution in [3.8, 4) is 0 Å². The summed E-state index contributed by atoms with van der Waals surface area (Å²) in [6.45, 7) is 64.3. The van der Waals surface area contributed by atoms with Crippen molar-refractivity contribution < 1.29 is 0 Å². The first-order chi connectivity index (χ1) is 22.1. The Morgan fingerprint density at radius 1 is 0.368 bits per heavy atom. The summed E-state index contributed by atoms with van der Waals surface area (Å²) in [7, 11) is 0. The maximum atomic E-state index is 2.38. The van der Waals surface area contributed by atoms with Crippen LogP contribution in [0.5, 0.6) is 0 Å². The number of hydrogen-bond acceptors (Lipinski definition) is 0. The Morgan fingerprint density at radius 2 is 0.579 bits per heavy atom. The molecule has 0 N–H and O–H groups in total. The highest BCUT2D eigenvalue weighted by molar-refractivity contribution is 4.79. The van der Waals surface area contributed by atoms with E-state index in [1.807, 2.05) is 0 Å². The van der Waals surface area contributed by atoms with E-state index in [9.17, 15) is 0 Å². The van der Waals surface area contributed by atoms with Crippen LogP contribution in [0, 0.1) is 67.0 Å². The molecule has 2 aliphatic carbocycles. The highest BCUT2D eigenvalue weighted by Crippen LogP contribution is 2.39. The molecule has 0 aliphatic heterocycles. The molecule has 0 spiro atoms. The van der Waals surface area contributed by atoms with Crippen LogP contribution in [0.4, 0.5) is 0 Å². The molecule has 57 heavy (non-hydrogen) atoms. The fraction of sp³-hybridized carbons (Fsp3) is 1.00. The molecule has 362 valence electrons. The lowest BCUT2D eigenvalue weighted by molar-refractivity contribution is 0.157. The topological polar surface area (TPSA) is 0 Å². The van der Waals surface area contributed by atoms with Gasteiger partial charge in [0.05, 0.1) is 0 Å². The van der Waals surface area contributed by atoms with E-state index in [1.165, 1.54) is 70.6 Å². The maximum Gasteiger partial charge on any atom is -0.0334 e. The SMILES string of the molecule is C.C.C.C.C.C.CC(C)(C)C(C)(C)C.CC(C)(C)C1CCCC1.CC(C)(C)C1CCCCC1.CC(C)(C)CC(C)(C)C.CC(C)C(C)(C)C.CCC(C)C(C)(C)C. The molecule has 0 aromatic rings. The van der Waals surface area contributed by atoms with E-state index in [2.05, 4.69) is 194 Å². The second-order valence-electron chi connectivity index (χ2n) is 26.0. The second kappa shape index (κ2) is 33.6. The van der Waals surface area contributed by atoms with Gasteiger partial charge in [-0.2, -0.15) is 0 Å². The lowest BCUT2D eigenvalue weighted by Gasteiger charge is -2.34. The quantitative estimate of drug-likeness (QED) is 0.247. The molecular weight excluding hydrogens is 685 g/mol. The zero-order valence-corrected chi connectivity index (χ0v) is 42.1. The predicted molar refractivity (Wildman–Crippen MR) is 283 cm³/mol. The highest BCUT2D eigenvalue weighted by atomic mass is 14.3. The molecule has 0 radical (unpaired) electrons. The maximum absolute atomic E-state index is 2.38. The van der Waals surface area contributed by atoms with E-state index in [0.717, 1.165) is 23.7 Å². The van der Waals surface area contributed by atoms with Gasteiger partial charge in [-0.15, -0.1) is 0 Å². The van der Waals surface area contributed by atoms with Crippen LogP contribution in [0.1, 0.15) is 309 Å². The van der Waals surface area contributed by atoms with Gasteiger partial charge in [-0.3, -0.25) is 0 Å². The van der Waals surface area contributed by atoms with Crippen molar-refractivity contribution in [2.24, 2.45) is 67.0 Å². The lowest BCUT2D eigenvalue weighted by Crippen LogP contribution is -2.25. The second-order valence-corrected chi connectivity index (χ2v) is 26.0. The van der Waals surface area contributed by atoms with Gasteiger partial charge in [-0.1, -0.05) is 277 Å². The van der Waals surface area contributed by atoms with E-state index in [4.69, 9.17) is 0 Å². The molecule has 0 aromatic carbocycles. The van der Waals surface area contributed by atoms with E-state index in [-0.39, 0.29) is 44.6 Å². The number of hydrogen-bond donors (Lipinski definition) is 0. The average molecular weight is 820 g/mol. The molecule has 0 amide bonds. The molecule has 1 unspecified atom stereocenters. The minimum Gasteiger partial charge on any atom is -0.0776 e. The minimum atomic E-state index is 0. The zero-order valence-electron chi connectivity index (χ0n) is 42.1. The standard InChI is InChI=1S/C10H20.C9H18.C9H20.2C8H18.C7H16.6CH4/c1-10(2,3)9-7-5-4-6-8-9;1-9(2,3)8-6-4-5-7-8;1-8(2,3)7-9(4,5)6;1-7(2,3)8(4,5)6;1-6-7(2)8(3,4)5;1-6(2)7(3,4)5;;;;;;/h9H,4-8H2,1-3H3;8H,4-7H2,1-3H3;7H2,1-6H3;1-6H3;7H,6H2,1-5H3;6H,1-5H3;6*1H4. The fourth-order valence-corrected chi connectivity index (χ4v) is 5.96. The molecule has 0 aromatic heterocycles. The number of rotatable bonds is 1. The van der Waals surface area contributed by atoms with E-state index >= 15 is 0 Å². The first kappa shape index (κ1) is 80.9. The Bertz CT molecular complexity index is 759. The van der Waals surface area contributed by atoms with Gasteiger partial charge in [-0.25, -0.2) is 0 Å². The summed E-state index contributed by atoms with van der Waals surface area (Å²) in [4.78, 5) is 0. The summed E-state index contributed by atoms with van der Waals surface area (Å²) in [6.07, 6.45) is 15.9. The Balaban J connectivity index is -0.0000000571. The summed E-state index contributed by atoms with van der Waals surface area (Å²) in [5, 5.41) is 0. The van der Waals surface area contributed by atoms with Gasteiger partial charge in [0.15, 0.2) is 0 Å². The molecule has 1 atom stereocenters. The predicted octanol–water partition coefficient (Wildman–Crippen LogP) is 23.0. The summed E-state index contributed by atoms with van der Waals surface area (Å²) >= 11 is 0. The molecule has 0 bridgehead atoms. The van der Waals surface area contributed by atoms with Gasteiger partial charge in [0.25, 0.3) is 0 Å². The third-order valence-electron chi connectivity index (χ3n) is 12.5. The first-order valence-corrected chi connectivity index (χ1v) is 22.1. The van der Waals surface area contributed by atoms with Gasteiger partial charge < -0.3 is 0 Å². The molecule has 0 nitrogen and oxygen atoms in total. The molecular formula is C57H134. The molecule has 0 saturated heterocycles. The third kappa shape index (κ3) is 52.1. The Kier molecular flexibility index (Phi) is 47.7. The van der Waals surface area contributed by atoms with Gasteiger partial charge in [0, 0.05) is 0 Å². The van der Waals surface area contributed by atoms with Crippen LogP contribution in [0.15, 0.2) is 0 Å². The fourth-order valence-electron chi connectivity index (χ4n) is 5.96. The van der Waals surface area contributed by atoms with Crippen molar-refractivity contribution >= 4 is 0 Å². The van der Waals surface area contributed by atoms with Crippen LogP contribution in [-0.4, -0.2) is 0 Å².